The maximum atomic E-state index is 9.17. The summed E-state index contributed by atoms with van der Waals surface area (Å²) in [5.41, 5.74) is 6.86. The van der Waals surface area contributed by atoms with Gasteiger partial charge in [0.05, 0.1) is 6.61 Å². The quantitative estimate of drug-likeness (QED) is 0.777. The van der Waals surface area contributed by atoms with E-state index in [4.69, 9.17) is 5.73 Å². The van der Waals surface area contributed by atoms with Gasteiger partial charge in [0, 0.05) is 15.7 Å². The van der Waals surface area contributed by atoms with E-state index in [0.29, 0.717) is 11.2 Å². The molecule has 0 fully saturated rings. The largest absolute Gasteiger partial charge is 0.394 e. The molecular weight excluding hydrogens is 242 g/mol. The van der Waals surface area contributed by atoms with Crippen molar-refractivity contribution in [2.24, 2.45) is 5.73 Å². The minimum absolute atomic E-state index is 0.0319. The molecule has 3 heteroatoms. The topological polar surface area (TPSA) is 46.2 Å². The zero-order chi connectivity index (χ0) is 13.8. The maximum absolute atomic E-state index is 9.17. The summed E-state index contributed by atoms with van der Waals surface area (Å²) in [5, 5.41) is 9.57. The van der Waals surface area contributed by atoms with E-state index in [1.165, 1.54) is 10.5 Å². The summed E-state index contributed by atoms with van der Waals surface area (Å²) in [6.07, 6.45) is 0.806. The number of benzene rings is 1. The summed E-state index contributed by atoms with van der Waals surface area (Å²) in [4.78, 5) is 1.26. The number of rotatable bonds is 6. The fourth-order valence-corrected chi connectivity index (χ4v) is 3.15. The molecule has 102 valence electrons. The van der Waals surface area contributed by atoms with E-state index in [1.54, 1.807) is 0 Å². The predicted octanol–water partition coefficient (Wildman–Crippen LogP) is 3.39. The molecule has 1 aromatic rings. The number of hydrogen-bond acceptors (Lipinski definition) is 3. The summed E-state index contributed by atoms with van der Waals surface area (Å²) < 4.78 is 0. The summed E-state index contributed by atoms with van der Waals surface area (Å²) in [7, 11) is 0. The first kappa shape index (κ1) is 15.5. The van der Waals surface area contributed by atoms with Crippen molar-refractivity contribution in [3.05, 3.63) is 29.8 Å². The standard InChI is InChI=1S/C15H25NOS/c1-11(2)13-5-7-14(8-6-13)18-12(3)9-15(4,16)10-17/h5-8,11-12,17H,9-10,16H2,1-4H3. The Morgan fingerprint density at radius 3 is 2.22 bits per heavy atom. The van der Waals surface area contributed by atoms with Crippen LogP contribution in [-0.2, 0) is 0 Å². The summed E-state index contributed by atoms with van der Waals surface area (Å²) in [6.45, 7) is 8.48. The SMILES string of the molecule is CC(CC(C)(N)CO)Sc1ccc(C(C)C)cc1. The molecule has 2 unspecified atom stereocenters. The molecule has 0 amide bonds. The van der Waals surface area contributed by atoms with Crippen LogP contribution in [0.2, 0.25) is 0 Å². The highest BCUT2D eigenvalue weighted by Gasteiger charge is 2.21. The average Bonchev–Trinajstić information content (AvgIpc) is 2.29. The maximum Gasteiger partial charge on any atom is 0.0608 e. The van der Waals surface area contributed by atoms with Crippen molar-refractivity contribution in [3.8, 4) is 0 Å². The van der Waals surface area contributed by atoms with Crippen molar-refractivity contribution in [1.82, 2.24) is 0 Å². The Bertz CT molecular complexity index is 359. The van der Waals surface area contributed by atoms with Crippen LogP contribution in [0.15, 0.2) is 29.2 Å². The van der Waals surface area contributed by atoms with Gasteiger partial charge in [-0.15, -0.1) is 11.8 Å². The first-order chi connectivity index (χ1) is 8.34. The molecule has 0 spiro atoms. The molecule has 0 radical (unpaired) electrons. The summed E-state index contributed by atoms with van der Waals surface area (Å²) in [6, 6.07) is 8.72. The lowest BCUT2D eigenvalue weighted by atomic mass is 9.99. The third kappa shape index (κ3) is 5.01. The van der Waals surface area contributed by atoms with Crippen LogP contribution < -0.4 is 5.73 Å². The molecule has 2 nitrogen and oxygen atoms in total. The van der Waals surface area contributed by atoms with E-state index in [9.17, 15) is 5.11 Å². The van der Waals surface area contributed by atoms with Gasteiger partial charge in [-0.1, -0.05) is 32.9 Å². The molecule has 0 aliphatic carbocycles. The van der Waals surface area contributed by atoms with E-state index in [1.807, 2.05) is 18.7 Å². The highest BCUT2D eigenvalue weighted by molar-refractivity contribution is 7.99. The second-order valence-electron chi connectivity index (χ2n) is 5.67. The van der Waals surface area contributed by atoms with Gasteiger partial charge in [0.2, 0.25) is 0 Å². The molecule has 18 heavy (non-hydrogen) atoms. The number of aliphatic hydroxyl groups is 1. The van der Waals surface area contributed by atoms with E-state index < -0.39 is 5.54 Å². The molecule has 0 heterocycles. The average molecular weight is 267 g/mol. The van der Waals surface area contributed by atoms with Crippen LogP contribution >= 0.6 is 11.8 Å². The molecule has 1 rings (SSSR count). The second-order valence-corrected chi connectivity index (χ2v) is 7.18. The van der Waals surface area contributed by atoms with Gasteiger partial charge in [0.25, 0.3) is 0 Å². The van der Waals surface area contributed by atoms with E-state index in [0.717, 1.165) is 6.42 Å². The minimum Gasteiger partial charge on any atom is -0.394 e. The number of aliphatic hydroxyl groups excluding tert-OH is 1. The van der Waals surface area contributed by atoms with Gasteiger partial charge in [0.15, 0.2) is 0 Å². The highest BCUT2D eigenvalue weighted by Crippen LogP contribution is 2.29. The molecule has 0 aromatic heterocycles. The smallest absolute Gasteiger partial charge is 0.0608 e. The lowest BCUT2D eigenvalue weighted by Gasteiger charge is -2.25. The monoisotopic (exact) mass is 267 g/mol. The Morgan fingerprint density at radius 1 is 1.22 bits per heavy atom. The third-order valence-electron chi connectivity index (χ3n) is 3.00. The summed E-state index contributed by atoms with van der Waals surface area (Å²) >= 11 is 1.82. The fourth-order valence-electron chi connectivity index (χ4n) is 1.93. The van der Waals surface area contributed by atoms with Crippen LogP contribution in [0.5, 0.6) is 0 Å². The fraction of sp³-hybridized carbons (Fsp3) is 0.600. The van der Waals surface area contributed by atoms with Crippen molar-refractivity contribution < 1.29 is 5.11 Å². The number of hydrogen-bond donors (Lipinski definition) is 2. The zero-order valence-corrected chi connectivity index (χ0v) is 12.6. The van der Waals surface area contributed by atoms with Crippen LogP contribution in [0.4, 0.5) is 0 Å². The Morgan fingerprint density at radius 2 is 1.78 bits per heavy atom. The van der Waals surface area contributed by atoms with Gasteiger partial charge in [-0.2, -0.15) is 0 Å². The van der Waals surface area contributed by atoms with Gasteiger partial charge >= 0.3 is 0 Å². The van der Waals surface area contributed by atoms with Gasteiger partial charge in [-0.05, 0) is 37.0 Å². The second kappa shape index (κ2) is 6.60. The van der Waals surface area contributed by atoms with E-state index in [2.05, 4.69) is 45.0 Å². The van der Waals surface area contributed by atoms with Crippen LogP contribution in [0.3, 0.4) is 0 Å². The van der Waals surface area contributed by atoms with Crippen molar-refractivity contribution >= 4 is 11.8 Å². The number of thioether (sulfide) groups is 1. The van der Waals surface area contributed by atoms with Gasteiger partial charge in [-0.25, -0.2) is 0 Å². The van der Waals surface area contributed by atoms with Crippen molar-refractivity contribution in [1.29, 1.82) is 0 Å². The summed E-state index contributed by atoms with van der Waals surface area (Å²) in [5.74, 6) is 0.572. The molecule has 0 saturated carbocycles. The molecule has 0 bridgehead atoms. The Hall–Kier alpha value is -0.510. The Balaban J connectivity index is 2.57. The van der Waals surface area contributed by atoms with Crippen LogP contribution in [0, 0.1) is 0 Å². The molecule has 1 aromatic carbocycles. The van der Waals surface area contributed by atoms with Gasteiger partial charge < -0.3 is 10.8 Å². The molecule has 0 saturated heterocycles. The lowest BCUT2D eigenvalue weighted by Crippen LogP contribution is -2.42. The molecule has 0 aliphatic rings. The number of nitrogens with two attached hydrogens (primary N) is 1. The zero-order valence-electron chi connectivity index (χ0n) is 11.8. The minimum atomic E-state index is -0.482. The van der Waals surface area contributed by atoms with E-state index >= 15 is 0 Å². The third-order valence-corrected chi connectivity index (χ3v) is 4.11. The molecule has 0 aliphatic heterocycles. The Kier molecular flexibility index (Phi) is 5.70. The van der Waals surface area contributed by atoms with Crippen LogP contribution in [0.1, 0.15) is 45.6 Å². The molecule has 2 atom stereocenters. The van der Waals surface area contributed by atoms with Gasteiger partial charge in [0.1, 0.15) is 0 Å². The van der Waals surface area contributed by atoms with Crippen molar-refractivity contribution in [2.75, 3.05) is 6.61 Å². The van der Waals surface area contributed by atoms with Crippen molar-refractivity contribution in [3.63, 3.8) is 0 Å². The first-order valence-corrected chi connectivity index (χ1v) is 7.38. The highest BCUT2D eigenvalue weighted by atomic mass is 32.2. The first-order valence-electron chi connectivity index (χ1n) is 6.50. The van der Waals surface area contributed by atoms with Crippen LogP contribution in [0.25, 0.3) is 0 Å². The van der Waals surface area contributed by atoms with Crippen LogP contribution in [-0.4, -0.2) is 22.5 Å². The molecule has 3 N–H and O–H groups in total. The van der Waals surface area contributed by atoms with Crippen molar-refractivity contribution in [2.45, 2.75) is 55.7 Å². The van der Waals surface area contributed by atoms with E-state index in [-0.39, 0.29) is 6.61 Å². The Labute approximate surface area is 115 Å². The van der Waals surface area contributed by atoms with Gasteiger partial charge in [-0.3, -0.25) is 0 Å². The predicted molar refractivity (Wildman–Crippen MR) is 80.1 cm³/mol. The lowest BCUT2D eigenvalue weighted by molar-refractivity contribution is 0.201. The molecular formula is C15H25NOS. The normalized spacial score (nSPS) is 16.6.